The zero-order chi connectivity index (χ0) is 20.9. The van der Waals surface area contributed by atoms with Crippen LogP contribution in [0.1, 0.15) is 22.8 Å². The summed E-state index contributed by atoms with van der Waals surface area (Å²) in [4.78, 5) is 29.6. The van der Waals surface area contributed by atoms with Gasteiger partial charge in [-0.1, -0.05) is 18.2 Å². The SMILES string of the molecule is CC(=O)c1ccc(S(=O)(=O)N(C)CC(=O)NCc2ccc(N(C)C)nc2)cc1. The molecule has 0 radical (unpaired) electrons. The van der Waals surface area contributed by atoms with E-state index in [4.69, 9.17) is 0 Å². The van der Waals surface area contributed by atoms with Crippen molar-refractivity contribution in [3.8, 4) is 0 Å². The van der Waals surface area contributed by atoms with Gasteiger partial charge in [0.05, 0.1) is 11.4 Å². The van der Waals surface area contributed by atoms with Gasteiger partial charge in [-0.3, -0.25) is 9.59 Å². The van der Waals surface area contributed by atoms with Crippen LogP contribution < -0.4 is 10.2 Å². The van der Waals surface area contributed by atoms with Crippen molar-refractivity contribution in [3.63, 3.8) is 0 Å². The average molecular weight is 404 g/mol. The van der Waals surface area contributed by atoms with Gasteiger partial charge >= 0.3 is 0 Å². The highest BCUT2D eigenvalue weighted by Gasteiger charge is 2.23. The van der Waals surface area contributed by atoms with Gasteiger partial charge in [0, 0.05) is 39.4 Å². The Kier molecular flexibility index (Phi) is 6.87. The van der Waals surface area contributed by atoms with E-state index < -0.39 is 15.9 Å². The van der Waals surface area contributed by atoms with Gasteiger partial charge in [0.2, 0.25) is 15.9 Å². The number of hydrogen-bond donors (Lipinski definition) is 1. The van der Waals surface area contributed by atoms with Gasteiger partial charge in [0.25, 0.3) is 0 Å². The zero-order valence-electron chi connectivity index (χ0n) is 16.3. The van der Waals surface area contributed by atoms with E-state index >= 15 is 0 Å². The Bertz CT molecular complexity index is 939. The molecule has 2 rings (SSSR count). The topological polar surface area (TPSA) is 99.7 Å². The normalized spacial score (nSPS) is 11.3. The Labute approximate surface area is 165 Å². The van der Waals surface area contributed by atoms with Crippen LogP contribution in [0.25, 0.3) is 0 Å². The standard InChI is InChI=1S/C19H24N4O4S/c1-14(24)16-6-8-17(9-7-16)28(26,27)23(4)13-19(25)21-12-15-5-10-18(20-11-15)22(2)3/h5-11H,12-13H2,1-4H3,(H,21,25). The van der Waals surface area contributed by atoms with E-state index in [1.165, 1.54) is 38.2 Å². The molecule has 1 heterocycles. The molecule has 1 N–H and O–H groups in total. The summed E-state index contributed by atoms with van der Waals surface area (Å²) < 4.78 is 26.1. The number of sulfonamides is 1. The minimum Gasteiger partial charge on any atom is -0.363 e. The Morgan fingerprint density at radius 3 is 2.18 bits per heavy atom. The number of aromatic nitrogens is 1. The molecule has 8 nitrogen and oxygen atoms in total. The molecule has 150 valence electrons. The van der Waals surface area contributed by atoms with Crippen LogP contribution in [0.3, 0.4) is 0 Å². The monoisotopic (exact) mass is 404 g/mol. The first kappa shape index (κ1) is 21.5. The van der Waals surface area contributed by atoms with Crippen LogP contribution in [0.15, 0.2) is 47.5 Å². The lowest BCUT2D eigenvalue weighted by Gasteiger charge is -2.17. The molecule has 0 aliphatic rings. The number of amides is 1. The molecule has 2 aromatic rings. The number of rotatable bonds is 8. The number of carbonyl (C=O) groups excluding carboxylic acids is 2. The van der Waals surface area contributed by atoms with E-state index in [0.717, 1.165) is 15.7 Å². The first-order valence-electron chi connectivity index (χ1n) is 8.57. The Hall–Kier alpha value is -2.78. The molecule has 1 aromatic carbocycles. The number of ketones is 1. The van der Waals surface area contributed by atoms with Crippen LogP contribution in [-0.4, -0.2) is 57.1 Å². The molecule has 0 atom stereocenters. The van der Waals surface area contributed by atoms with E-state index in [2.05, 4.69) is 10.3 Å². The van der Waals surface area contributed by atoms with Crippen molar-refractivity contribution < 1.29 is 18.0 Å². The lowest BCUT2D eigenvalue weighted by Crippen LogP contribution is -2.38. The second-order valence-corrected chi connectivity index (χ2v) is 8.58. The number of nitrogens with one attached hydrogen (secondary N) is 1. The van der Waals surface area contributed by atoms with Gasteiger partial charge in [-0.05, 0) is 30.7 Å². The fraction of sp³-hybridized carbons (Fsp3) is 0.316. The number of hydrogen-bond acceptors (Lipinski definition) is 6. The minimum absolute atomic E-state index is 0.0243. The van der Waals surface area contributed by atoms with Crippen molar-refractivity contribution in [2.24, 2.45) is 0 Å². The van der Waals surface area contributed by atoms with Crippen molar-refractivity contribution in [2.75, 3.05) is 32.6 Å². The van der Waals surface area contributed by atoms with Gasteiger partial charge in [0.1, 0.15) is 5.82 Å². The van der Waals surface area contributed by atoms with Crippen molar-refractivity contribution in [3.05, 3.63) is 53.7 Å². The number of benzene rings is 1. The number of carbonyl (C=O) groups is 2. The van der Waals surface area contributed by atoms with E-state index in [1.54, 1.807) is 6.20 Å². The highest BCUT2D eigenvalue weighted by Crippen LogP contribution is 2.15. The quantitative estimate of drug-likeness (QED) is 0.666. The molecular formula is C19H24N4O4S. The lowest BCUT2D eigenvalue weighted by atomic mass is 10.2. The first-order valence-corrected chi connectivity index (χ1v) is 10.0. The number of Topliss-reactive ketones (excluding diaryl/α,β-unsaturated/α-hetero) is 1. The maximum absolute atomic E-state index is 12.6. The van der Waals surface area contributed by atoms with E-state index in [-0.39, 0.29) is 23.8 Å². The van der Waals surface area contributed by atoms with Crippen LogP contribution in [0.5, 0.6) is 0 Å². The molecule has 28 heavy (non-hydrogen) atoms. The Morgan fingerprint density at radius 2 is 1.68 bits per heavy atom. The molecule has 0 unspecified atom stereocenters. The number of pyridine rings is 1. The molecule has 1 amide bonds. The van der Waals surface area contributed by atoms with Crippen molar-refractivity contribution in [1.82, 2.24) is 14.6 Å². The van der Waals surface area contributed by atoms with E-state index in [1.807, 2.05) is 31.1 Å². The number of anilines is 1. The molecule has 0 spiro atoms. The molecule has 0 aliphatic carbocycles. The van der Waals surface area contributed by atoms with Crippen LogP contribution in [-0.2, 0) is 21.4 Å². The third-order valence-corrected chi connectivity index (χ3v) is 5.91. The fourth-order valence-corrected chi connectivity index (χ4v) is 3.50. The van der Waals surface area contributed by atoms with Gasteiger partial charge in [-0.15, -0.1) is 0 Å². The highest BCUT2D eigenvalue weighted by atomic mass is 32.2. The molecular weight excluding hydrogens is 380 g/mol. The summed E-state index contributed by atoms with van der Waals surface area (Å²) in [6, 6.07) is 9.31. The second kappa shape index (κ2) is 8.94. The average Bonchev–Trinajstić information content (AvgIpc) is 2.66. The first-order chi connectivity index (χ1) is 13.1. The van der Waals surface area contributed by atoms with Gasteiger partial charge in [-0.2, -0.15) is 4.31 Å². The maximum Gasteiger partial charge on any atom is 0.243 e. The largest absolute Gasteiger partial charge is 0.363 e. The number of likely N-dealkylation sites (N-methyl/N-ethyl adjacent to an activating group) is 1. The molecule has 0 saturated heterocycles. The van der Waals surface area contributed by atoms with Crippen LogP contribution >= 0.6 is 0 Å². The molecule has 0 bridgehead atoms. The summed E-state index contributed by atoms with van der Waals surface area (Å²) in [5.41, 5.74) is 1.23. The summed E-state index contributed by atoms with van der Waals surface area (Å²) in [7, 11) is 1.27. The molecule has 0 saturated carbocycles. The Balaban J connectivity index is 1.95. The predicted octanol–water partition coefficient (Wildman–Crippen LogP) is 1.29. The van der Waals surface area contributed by atoms with Gasteiger partial charge < -0.3 is 10.2 Å². The highest BCUT2D eigenvalue weighted by molar-refractivity contribution is 7.89. The summed E-state index contributed by atoms with van der Waals surface area (Å²) in [6.45, 7) is 1.34. The molecule has 1 aromatic heterocycles. The van der Waals surface area contributed by atoms with Gasteiger partial charge in [-0.25, -0.2) is 13.4 Å². The third-order valence-electron chi connectivity index (χ3n) is 4.09. The van der Waals surface area contributed by atoms with Crippen LogP contribution in [0, 0.1) is 0 Å². The zero-order valence-corrected chi connectivity index (χ0v) is 17.2. The maximum atomic E-state index is 12.6. The second-order valence-electron chi connectivity index (χ2n) is 6.54. The molecule has 9 heteroatoms. The van der Waals surface area contributed by atoms with E-state index in [0.29, 0.717) is 5.56 Å². The predicted molar refractivity (Wildman–Crippen MR) is 107 cm³/mol. The molecule has 0 aliphatic heterocycles. The summed E-state index contributed by atoms with van der Waals surface area (Å²) in [5, 5.41) is 2.68. The van der Waals surface area contributed by atoms with Gasteiger partial charge in [0.15, 0.2) is 5.78 Å². The van der Waals surface area contributed by atoms with Crippen LogP contribution in [0.4, 0.5) is 5.82 Å². The molecule has 0 fully saturated rings. The third kappa shape index (κ3) is 5.37. The van der Waals surface area contributed by atoms with Crippen molar-refractivity contribution >= 4 is 27.5 Å². The van der Waals surface area contributed by atoms with Crippen LogP contribution in [0.2, 0.25) is 0 Å². The summed E-state index contributed by atoms with van der Waals surface area (Å²) >= 11 is 0. The summed E-state index contributed by atoms with van der Waals surface area (Å²) in [5.74, 6) is 0.226. The minimum atomic E-state index is -3.83. The Morgan fingerprint density at radius 1 is 1.04 bits per heavy atom. The van der Waals surface area contributed by atoms with E-state index in [9.17, 15) is 18.0 Å². The fourth-order valence-electron chi connectivity index (χ4n) is 2.37. The number of nitrogens with zero attached hydrogens (tertiary/aromatic N) is 3. The summed E-state index contributed by atoms with van der Waals surface area (Å²) in [6.07, 6.45) is 1.66. The smallest absolute Gasteiger partial charge is 0.243 e. The van der Waals surface area contributed by atoms with Crippen molar-refractivity contribution in [1.29, 1.82) is 0 Å². The van der Waals surface area contributed by atoms with Crippen molar-refractivity contribution in [2.45, 2.75) is 18.4 Å². The lowest BCUT2D eigenvalue weighted by molar-refractivity contribution is -0.121.